The highest BCUT2D eigenvalue weighted by Gasteiger charge is 2.25. The van der Waals surface area contributed by atoms with Crippen LogP contribution in [0.25, 0.3) is 11.3 Å². The van der Waals surface area contributed by atoms with E-state index in [-0.39, 0.29) is 12.2 Å². The minimum absolute atomic E-state index is 0.00267. The number of hydrogen-bond acceptors (Lipinski definition) is 6. The van der Waals surface area contributed by atoms with Crippen molar-refractivity contribution in [3.63, 3.8) is 0 Å². The molecule has 3 rings (SSSR count). The van der Waals surface area contributed by atoms with Gasteiger partial charge in [-0.1, -0.05) is 12.1 Å². The summed E-state index contributed by atoms with van der Waals surface area (Å²) in [4.78, 5) is 10.7. The predicted octanol–water partition coefficient (Wildman–Crippen LogP) is 3.45. The molecule has 0 spiro atoms. The average molecular weight is 342 g/mol. The van der Waals surface area contributed by atoms with E-state index in [1.165, 1.54) is 12.3 Å². The van der Waals surface area contributed by atoms with Gasteiger partial charge in [0.1, 0.15) is 22.9 Å². The maximum Gasteiger partial charge on any atom is 0.280 e. The lowest BCUT2D eigenvalue weighted by Gasteiger charge is -2.20. The number of nitrogens with one attached hydrogen (secondary N) is 1. The number of furan rings is 2. The second-order valence-electron chi connectivity index (χ2n) is 5.89. The highest BCUT2D eigenvalue weighted by atomic mass is 16.6. The number of aliphatic hydroxyl groups is 1. The number of nitro groups is 1. The summed E-state index contributed by atoms with van der Waals surface area (Å²) in [5, 5.41) is 24.6. The summed E-state index contributed by atoms with van der Waals surface area (Å²) in [6, 6.07) is 13.3. The summed E-state index contributed by atoms with van der Waals surface area (Å²) < 4.78 is 10.9. The molecular weight excluding hydrogens is 324 g/mol. The third kappa shape index (κ3) is 3.78. The van der Waals surface area contributed by atoms with Crippen LogP contribution in [0.5, 0.6) is 0 Å². The predicted molar refractivity (Wildman–Crippen MR) is 90.8 cm³/mol. The molecular formula is C18H18N2O5. The molecule has 0 aliphatic heterocycles. The molecule has 0 aliphatic rings. The van der Waals surface area contributed by atoms with E-state index >= 15 is 0 Å². The van der Waals surface area contributed by atoms with Gasteiger partial charge in [-0.15, -0.1) is 0 Å². The van der Waals surface area contributed by atoms with Crippen molar-refractivity contribution in [2.24, 2.45) is 0 Å². The second kappa shape index (κ2) is 6.92. The zero-order valence-corrected chi connectivity index (χ0v) is 13.6. The third-order valence-electron chi connectivity index (χ3n) is 3.85. The first-order valence-electron chi connectivity index (χ1n) is 7.77. The monoisotopic (exact) mass is 342 g/mol. The molecule has 0 bridgehead atoms. The van der Waals surface area contributed by atoms with Gasteiger partial charge in [0.2, 0.25) is 0 Å². The van der Waals surface area contributed by atoms with Crippen LogP contribution in [0.1, 0.15) is 18.4 Å². The van der Waals surface area contributed by atoms with Crippen LogP contribution in [0.15, 0.2) is 63.6 Å². The third-order valence-corrected chi connectivity index (χ3v) is 3.85. The van der Waals surface area contributed by atoms with Gasteiger partial charge in [0.25, 0.3) is 5.69 Å². The molecule has 1 unspecified atom stereocenters. The lowest BCUT2D eigenvalue weighted by Crippen LogP contribution is -2.34. The number of para-hydroxylation sites is 1. The van der Waals surface area contributed by atoms with E-state index in [1.54, 1.807) is 49.4 Å². The Morgan fingerprint density at radius 3 is 2.72 bits per heavy atom. The van der Waals surface area contributed by atoms with Gasteiger partial charge in [-0.05, 0) is 37.3 Å². The van der Waals surface area contributed by atoms with E-state index < -0.39 is 10.5 Å². The maximum absolute atomic E-state index is 11.1. The normalized spacial score (nSPS) is 13.5. The van der Waals surface area contributed by atoms with E-state index in [9.17, 15) is 15.2 Å². The number of benzene rings is 1. The molecule has 3 aromatic rings. The smallest absolute Gasteiger partial charge is 0.280 e. The number of rotatable bonds is 7. The molecule has 2 N–H and O–H groups in total. The zero-order valence-electron chi connectivity index (χ0n) is 13.6. The first-order chi connectivity index (χ1) is 12.0. The summed E-state index contributed by atoms with van der Waals surface area (Å²) in [5.74, 6) is 1.52. The Bertz CT molecular complexity index is 852. The minimum atomic E-state index is -1.14. The van der Waals surface area contributed by atoms with Crippen molar-refractivity contribution in [2.75, 3.05) is 6.54 Å². The first kappa shape index (κ1) is 16.9. The molecule has 0 saturated heterocycles. The van der Waals surface area contributed by atoms with Crippen molar-refractivity contribution in [1.29, 1.82) is 0 Å². The van der Waals surface area contributed by atoms with Crippen LogP contribution in [0.4, 0.5) is 5.69 Å². The lowest BCUT2D eigenvalue weighted by atomic mass is 10.0. The van der Waals surface area contributed by atoms with Gasteiger partial charge in [-0.3, -0.25) is 10.1 Å². The largest absolute Gasteiger partial charge is 0.466 e. The summed E-state index contributed by atoms with van der Waals surface area (Å²) in [7, 11) is 0. The molecule has 0 fully saturated rings. The van der Waals surface area contributed by atoms with E-state index in [2.05, 4.69) is 5.32 Å². The standard InChI is InChI=1S/C18H18N2O5/c1-18(21,17-7-4-10-24-17)12-19-11-13-8-9-16(25-13)14-5-2-3-6-15(14)20(22)23/h2-10,19,21H,11-12H2,1H3. The van der Waals surface area contributed by atoms with E-state index in [0.29, 0.717) is 29.4 Å². The Morgan fingerprint density at radius 1 is 1.20 bits per heavy atom. The molecule has 0 aliphatic carbocycles. The van der Waals surface area contributed by atoms with Crippen LogP contribution < -0.4 is 5.32 Å². The first-order valence-corrected chi connectivity index (χ1v) is 7.77. The van der Waals surface area contributed by atoms with Crippen molar-refractivity contribution < 1.29 is 18.9 Å². The molecule has 0 saturated carbocycles. The number of nitro benzene ring substituents is 1. The molecule has 2 heterocycles. The van der Waals surface area contributed by atoms with Gasteiger partial charge >= 0.3 is 0 Å². The highest BCUT2D eigenvalue weighted by molar-refractivity contribution is 5.69. The molecule has 0 amide bonds. The van der Waals surface area contributed by atoms with Crippen molar-refractivity contribution in [1.82, 2.24) is 5.32 Å². The van der Waals surface area contributed by atoms with Gasteiger partial charge in [0, 0.05) is 12.6 Å². The summed E-state index contributed by atoms with van der Waals surface area (Å²) in [6.07, 6.45) is 1.51. The van der Waals surface area contributed by atoms with Crippen molar-refractivity contribution in [3.05, 3.63) is 76.4 Å². The van der Waals surface area contributed by atoms with Crippen LogP contribution in [0, 0.1) is 10.1 Å². The summed E-state index contributed by atoms with van der Waals surface area (Å²) in [6.45, 7) is 2.29. The fourth-order valence-electron chi connectivity index (χ4n) is 2.56. The van der Waals surface area contributed by atoms with Crippen LogP contribution in [-0.4, -0.2) is 16.6 Å². The van der Waals surface area contributed by atoms with E-state index in [4.69, 9.17) is 8.83 Å². The molecule has 1 aromatic carbocycles. The van der Waals surface area contributed by atoms with Crippen LogP contribution in [0.3, 0.4) is 0 Å². The summed E-state index contributed by atoms with van der Waals surface area (Å²) in [5.41, 5.74) is -0.713. The van der Waals surface area contributed by atoms with E-state index in [1.807, 2.05) is 0 Å². The SMILES string of the molecule is CC(O)(CNCc1ccc(-c2ccccc2[N+](=O)[O-])o1)c1ccco1. The zero-order chi connectivity index (χ0) is 17.9. The fraction of sp³-hybridized carbons (Fsp3) is 0.222. The quantitative estimate of drug-likeness (QED) is 0.504. The van der Waals surface area contributed by atoms with E-state index in [0.717, 1.165) is 0 Å². The molecule has 0 radical (unpaired) electrons. The number of hydrogen-bond donors (Lipinski definition) is 2. The Labute approximate surface area is 144 Å². The van der Waals surface area contributed by atoms with Gasteiger partial charge < -0.3 is 19.3 Å². The van der Waals surface area contributed by atoms with Gasteiger partial charge in [0.05, 0.1) is 23.3 Å². The van der Waals surface area contributed by atoms with Crippen molar-refractivity contribution in [2.45, 2.75) is 19.1 Å². The van der Waals surface area contributed by atoms with Gasteiger partial charge in [-0.2, -0.15) is 0 Å². The van der Waals surface area contributed by atoms with Gasteiger partial charge in [0.15, 0.2) is 0 Å². The second-order valence-corrected chi connectivity index (χ2v) is 5.89. The topological polar surface area (TPSA) is 102 Å². The maximum atomic E-state index is 11.1. The molecule has 25 heavy (non-hydrogen) atoms. The minimum Gasteiger partial charge on any atom is -0.466 e. The molecule has 130 valence electrons. The van der Waals surface area contributed by atoms with Crippen molar-refractivity contribution >= 4 is 5.69 Å². The molecule has 2 aromatic heterocycles. The lowest BCUT2D eigenvalue weighted by molar-refractivity contribution is -0.384. The van der Waals surface area contributed by atoms with Crippen molar-refractivity contribution in [3.8, 4) is 11.3 Å². The fourth-order valence-corrected chi connectivity index (χ4v) is 2.56. The highest BCUT2D eigenvalue weighted by Crippen LogP contribution is 2.30. The Kier molecular flexibility index (Phi) is 4.69. The molecule has 7 heteroatoms. The molecule has 7 nitrogen and oxygen atoms in total. The average Bonchev–Trinajstić information content (AvgIpc) is 3.27. The van der Waals surface area contributed by atoms with Gasteiger partial charge in [-0.25, -0.2) is 0 Å². The van der Waals surface area contributed by atoms with Crippen LogP contribution >= 0.6 is 0 Å². The van der Waals surface area contributed by atoms with Crippen LogP contribution in [-0.2, 0) is 12.1 Å². The molecule has 1 atom stereocenters. The Morgan fingerprint density at radius 2 is 2.00 bits per heavy atom. The van der Waals surface area contributed by atoms with Crippen LogP contribution in [0.2, 0.25) is 0 Å². The number of nitrogens with zero attached hydrogens (tertiary/aromatic N) is 1. The summed E-state index contributed by atoms with van der Waals surface area (Å²) >= 11 is 0. The Hall–Kier alpha value is -2.90. The Balaban J connectivity index is 1.66.